The largest absolute Gasteiger partial charge is 0.390 e. The lowest BCUT2D eigenvalue weighted by Gasteiger charge is -2.25. The number of hydrogen-bond acceptors (Lipinski definition) is 4. The van der Waals surface area contributed by atoms with Gasteiger partial charge >= 0.3 is 0 Å². The van der Waals surface area contributed by atoms with Crippen molar-refractivity contribution in [2.24, 2.45) is 0 Å². The zero-order valence-electron chi connectivity index (χ0n) is 9.88. The fourth-order valence-electron chi connectivity index (χ4n) is 1.97. The molecule has 7 heteroatoms. The zero-order valence-corrected chi connectivity index (χ0v) is 12.3. The number of nitrogens with one attached hydrogen (secondary N) is 1. The van der Waals surface area contributed by atoms with Gasteiger partial charge < -0.3 is 10.4 Å². The van der Waals surface area contributed by atoms with Gasteiger partial charge in [-0.15, -0.1) is 0 Å². The second kappa shape index (κ2) is 5.26. The minimum absolute atomic E-state index is 0.229. The van der Waals surface area contributed by atoms with Crippen LogP contribution < -0.4 is 5.32 Å². The molecule has 1 aliphatic rings. The molecule has 1 saturated heterocycles. The van der Waals surface area contributed by atoms with E-state index in [1.807, 2.05) is 0 Å². The number of aliphatic hydroxyl groups is 1. The van der Waals surface area contributed by atoms with Crippen LogP contribution in [0.4, 0.5) is 0 Å². The first-order chi connectivity index (χ1) is 8.43. The summed E-state index contributed by atoms with van der Waals surface area (Å²) in [5, 5.41) is 12.7. The summed E-state index contributed by atoms with van der Waals surface area (Å²) in [5.41, 5.74) is 0. The van der Waals surface area contributed by atoms with Crippen molar-refractivity contribution in [3.8, 4) is 0 Å². The van der Waals surface area contributed by atoms with Crippen molar-refractivity contribution < 1.29 is 13.5 Å². The zero-order chi connectivity index (χ0) is 13.3. The number of hydrogen-bond donors (Lipinski definition) is 2. The van der Waals surface area contributed by atoms with E-state index in [-0.39, 0.29) is 4.90 Å². The molecule has 18 heavy (non-hydrogen) atoms. The Morgan fingerprint density at radius 1 is 1.33 bits per heavy atom. The van der Waals surface area contributed by atoms with Gasteiger partial charge in [-0.1, -0.05) is 15.9 Å². The molecule has 100 valence electrons. The van der Waals surface area contributed by atoms with Crippen molar-refractivity contribution in [2.45, 2.75) is 17.0 Å². The van der Waals surface area contributed by atoms with Crippen LogP contribution in [-0.2, 0) is 10.0 Å². The Kier molecular flexibility index (Phi) is 4.08. The smallest absolute Gasteiger partial charge is 0.243 e. The molecule has 0 spiro atoms. The SMILES string of the molecule is CN([C@@H]1CNC[C@H]1O)S(=O)(=O)c1ccc(Br)cc1. The van der Waals surface area contributed by atoms with E-state index in [0.717, 1.165) is 4.47 Å². The molecule has 5 nitrogen and oxygen atoms in total. The molecule has 0 radical (unpaired) electrons. The van der Waals surface area contributed by atoms with Crippen molar-refractivity contribution in [3.63, 3.8) is 0 Å². The Labute approximate surface area is 115 Å². The molecule has 0 bridgehead atoms. The number of β-amino-alcohol motifs (C(OH)–C–C–N with tert-alkyl or cyclic N) is 1. The van der Waals surface area contributed by atoms with Gasteiger partial charge in [0.1, 0.15) is 0 Å². The maximum atomic E-state index is 12.3. The first-order valence-corrected chi connectivity index (χ1v) is 7.78. The van der Waals surface area contributed by atoms with Crippen LogP contribution >= 0.6 is 15.9 Å². The molecule has 1 aliphatic heterocycles. The van der Waals surface area contributed by atoms with E-state index in [0.29, 0.717) is 13.1 Å². The highest BCUT2D eigenvalue weighted by Crippen LogP contribution is 2.21. The van der Waals surface area contributed by atoms with E-state index in [9.17, 15) is 13.5 Å². The van der Waals surface area contributed by atoms with Gasteiger partial charge in [-0.2, -0.15) is 4.31 Å². The van der Waals surface area contributed by atoms with Gasteiger partial charge in [0.25, 0.3) is 0 Å². The molecule has 1 aromatic rings. The first kappa shape index (κ1) is 14.0. The summed E-state index contributed by atoms with van der Waals surface area (Å²) in [4.78, 5) is 0.229. The molecular formula is C11H15BrN2O3S. The van der Waals surface area contributed by atoms with E-state index in [1.165, 1.54) is 11.4 Å². The molecule has 0 saturated carbocycles. The summed E-state index contributed by atoms with van der Waals surface area (Å²) >= 11 is 3.27. The maximum Gasteiger partial charge on any atom is 0.243 e. The lowest BCUT2D eigenvalue weighted by molar-refractivity contribution is 0.136. The van der Waals surface area contributed by atoms with E-state index in [1.54, 1.807) is 24.3 Å². The molecule has 1 aromatic carbocycles. The molecule has 0 amide bonds. The number of nitrogens with zero attached hydrogens (tertiary/aromatic N) is 1. The highest BCUT2D eigenvalue weighted by molar-refractivity contribution is 9.10. The van der Waals surface area contributed by atoms with Gasteiger partial charge in [-0.3, -0.25) is 0 Å². The summed E-state index contributed by atoms with van der Waals surface area (Å²) in [6, 6.07) is 6.04. The molecule has 2 N–H and O–H groups in total. The van der Waals surface area contributed by atoms with Gasteiger partial charge in [0, 0.05) is 24.6 Å². The van der Waals surface area contributed by atoms with Crippen LogP contribution in [-0.4, -0.2) is 50.1 Å². The Morgan fingerprint density at radius 2 is 1.94 bits per heavy atom. The van der Waals surface area contributed by atoms with Crippen LogP contribution in [0.2, 0.25) is 0 Å². The molecule has 0 unspecified atom stereocenters. The Hall–Kier alpha value is -0.470. The Morgan fingerprint density at radius 3 is 2.44 bits per heavy atom. The average molecular weight is 335 g/mol. The van der Waals surface area contributed by atoms with Crippen LogP contribution in [0.1, 0.15) is 0 Å². The van der Waals surface area contributed by atoms with Crippen molar-refractivity contribution in [1.82, 2.24) is 9.62 Å². The van der Waals surface area contributed by atoms with Gasteiger partial charge in [0.2, 0.25) is 10.0 Å². The van der Waals surface area contributed by atoms with Gasteiger partial charge in [-0.25, -0.2) is 8.42 Å². The lowest BCUT2D eigenvalue weighted by atomic mass is 10.2. The summed E-state index contributed by atoms with van der Waals surface area (Å²) in [5.74, 6) is 0. The molecule has 0 aliphatic carbocycles. The summed E-state index contributed by atoms with van der Waals surface area (Å²) in [6.45, 7) is 0.887. The highest BCUT2D eigenvalue weighted by Gasteiger charge is 2.35. The molecule has 2 atom stereocenters. The van der Waals surface area contributed by atoms with Crippen molar-refractivity contribution in [3.05, 3.63) is 28.7 Å². The fourth-order valence-corrected chi connectivity index (χ4v) is 3.62. The molecular weight excluding hydrogens is 320 g/mol. The molecule has 0 aromatic heterocycles. The monoisotopic (exact) mass is 334 g/mol. The van der Waals surface area contributed by atoms with Crippen molar-refractivity contribution >= 4 is 26.0 Å². The van der Waals surface area contributed by atoms with E-state index in [4.69, 9.17) is 0 Å². The highest BCUT2D eigenvalue weighted by atomic mass is 79.9. The number of sulfonamides is 1. The Balaban J connectivity index is 2.28. The quantitative estimate of drug-likeness (QED) is 0.839. The van der Waals surface area contributed by atoms with Gasteiger partial charge in [0.15, 0.2) is 0 Å². The van der Waals surface area contributed by atoms with Crippen LogP contribution in [0.25, 0.3) is 0 Å². The van der Waals surface area contributed by atoms with E-state index in [2.05, 4.69) is 21.2 Å². The van der Waals surface area contributed by atoms with Gasteiger partial charge in [0.05, 0.1) is 17.0 Å². The molecule has 2 rings (SSSR count). The normalized spacial score (nSPS) is 24.7. The number of rotatable bonds is 3. The summed E-state index contributed by atoms with van der Waals surface area (Å²) < 4.78 is 26.8. The molecule has 1 heterocycles. The Bertz CT molecular complexity index is 518. The average Bonchev–Trinajstić information content (AvgIpc) is 2.75. The van der Waals surface area contributed by atoms with Gasteiger partial charge in [-0.05, 0) is 24.3 Å². The predicted octanol–water partition coefficient (Wildman–Crippen LogP) is 0.402. The van der Waals surface area contributed by atoms with E-state index >= 15 is 0 Å². The minimum atomic E-state index is -3.56. The third-order valence-corrected chi connectivity index (χ3v) is 5.53. The summed E-state index contributed by atoms with van der Waals surface area (Å²) in [6.07, 6.45) is -0.666. The maximum absolute atomic E-state index is 12.3. The van der Waals surface area contributed by atoms with Crippen LogP contribution in [0, 0.1) is 0 Å². The van der Waals surface area contributed by atoms with Crippen LogP contribution in [0.5, 0.6) is 0 Å². The van der Waals surface area contributed by atoms with Crippen molar-refractivity contribution in [1.29, 1.82) is 0 Å². The van der Waals surface area contributed by atoms with Crippen LogP contribution in [0.3, 0.4) is 0 Å². The third-order valence-electron chi connectivity index (χ3n) is 3.11. The third kappa shape index (κ3) is 2.60. The predicted molar refractivity (Wildman–Crippen MR) is 71.8 cm³/mol. The topological polar surface area (TPSA) is 69.6 Å². The second-order valence-electron chi connectivity index (χ2n) is 4.27. The number of likely N-dealkylation sites (N-methyl/N-ethyl adjacent to an activating group) is 1. The molecule has 1 fully saturated rings. The van der Waals surface area contributed by atoms with E-state index < -0.39 is 22.2 Å². The van der Waals surface area contributed by atoms with Crippen LogP contribution in [0.15, 0.2) is 33.6 Å². The van der Waals surface area contributed by atoms with Crippen molar-refractivity contribution in [2.75, 3.05) is 20.1 Å². The number of benzene rings is 1. The first-order valence-electron chi connectivity index (χ1n) is 5.55. The minimum Gasteiger partial charge on any atom is -0.390 e. The standard InChI is InChI=1S/C11H15BrN2O3S/c1-14(10-6-13-7-11(10)15)18(16,17)9-4-2-8(12)3-5-9/h2-5,10-11,13,15H,6-7H2,1H3/t10-,11-/m1/s1. The second-order valence-corrected chi connectivity index (χ2v) is 7.18. The fraction of sp³-hybridized carbons (Fsp3) is 0.455. The lowest BCUT2D eigenvalue weighted by Crippen LogP contribution is -2.44. The number of halogens is 1. The summed E-state index contributed by atoms with van der Waals surface area (Å²) in [7, 11) is -2.06. The number of aliphatic hydroxyl groups excluding tert-OH is 1.